The first kappa shape index (κ1) is 11.7. The van der Waals surface area contributed by atoms with Gasteiger partial charge in [0.25, 0.3) is 0 Å². The van der Waals surface area contributed by atoms with Crippen LogP contribution in [0.5, 0.6) is 5.75 Å². The van der Waals surface area contributed by atoms with Crippen molar-refractivity contribution >= 4 is 0 Å². The van der Waals surface area contributed by atoms with E-state index in [4.69, 9.17) is 10.4 Å². The van der Waals surface area contributed by atoms with E-state index in [-0.39, 0.29) is 16.9 Å². The highest BCUT2D eigenvalue weighted by Crippen LogP contribution is 2.10. The molecule has 2 rings (SSSR count). The quantitative estimate of drug-likeness (QED) is 0.716. The summed E-state index contributed by atoms with van der Waals surface area (Å²) in [7, 11) is 0. The second kappa shape index (κ2) is 5.03. The van der Waals surface area contributed by atoms with Gasteiger partial charge < -0.3 is 5.11 Å². The summed E-state index contributed by atoms with van der Waals surface area (Å²) in [4.78, 5) is 0. The van der Waals surface area contributed by atoms with E-state index in [1.54, 1.807) is 12.1 Å². The molecule has 0 aromatic heterocycles. The number of rotatable bonds is 0. The molecule has 0 saturated carbocycles. The molecule has 3 heteroatoms. The van der Waals surface area contributed by atoms with Crippen LogP contribution in [0.25, 0.3) is 0 Å². The van der Waals surface area contributed by atoms with Crippen LogP contribution in [0.2, 0.25) is 0 Å². The summed E-state index contributed by atoms with van der Waals surface area (Å²) in [5.74, 6) is 5.11. The minimum absolute atomic E-state index is 0.158. The molecule has 18 heavy (non-hydrogen) atoms. The Morgan fingerprint density at radius 1 is 0.944 bits per heavy atom. The van der Waals surface area contributed by atoms with Crippen molar-refractivity contribution in [3.05, 3.63) is 65.0 Å². The van der Waals surface area contributed by atoms with Gasteiger partial charge in [-0.3, -0.25) is 0 Å². The molecule has 0 saturated heterocycles. The third-order valence-corrected chi connectivity index (χ3v) is 2.31. The van der Waals surface area contributed by atoms with E-state index in [9.17, 15) is 4.39 Å². The van der Waals surface area contributed by atoms with Gasteiger partial charge in [0, 0.05) is 5.56 Å². The number of benzene rings is 2. The van der Waals surface area contributed by atoms with Crippen LogP contribution in [0.1, 0.15) is 16.7 Å². The van der Waals surface area contributed by atoms with Crippen LogP contribution in [-0.4, -0.2) is 5.11 Å². The maximum Gasteiger partial charge on any atom is 0.140 e. The normalized spacial score (nSPS) is 9.11. The molecule has 0 aliphatic heterocycles. The topological polar surface area (TPSA) is 44.0 Å². The van der Waals surface area contributed by atoms with Crippen LogP contribution in [-0.2, 0) is 0 Å². The van der Waals surface area contributed by atoms with E-state index in [1.165, 1.54) is 24.3 Å². The number of aromatic hydroxyl groups is 1. The monoisotopic (exact) mass is 237 g/mol. The van der Waals surface area contributed by atoms with Crippen molar-refractivity contribution < 1.29 is 9.50 Å². The lowest BCUT2D eigenvalue weighted by molar-refractivity contribution is 0.475. The Bertz CT molecular complexity index is 672. The summed E-state index contributed by atoms with van der Waals surface area (Å²) in [5.41, 5.74) is 1.18. The van der Waals surface area contributed by atoms with Gasteiger partial charge in [-0.1, -0.05) is 11.8 Å². The molecule has 86 valence electrons. The van der Waals surface area contributed by atoms with Crippen molar-refractivity contribution in [2.45, 2.75) is 0 Å². The first-order chi connectivity index (χ1) is 8.69. The van der Waals surface area contributed by atoms with Crippen LogP contribution in [0.3, 0.4) is 0 Å². The largest absolute Gasteiger partial charge is 0.508 e. The predicted octanol–water partition coefficient (Wildman–Crippen LogP) is 2.80. The average molecular weight is 237 g/mol. The fourth-order valence-electron chi connectivity index (χ4n) is 1.37. The molecule has 2 nitrogen and oxygen atoms in total. The summed E-state index contributed by atoms with van der Waals surface area (Å²) >= 11 is 0. The lowest BCUT2D eigenvalue weighted by Crippen LogP contribution is -1.85. The van der Waals surface area contributed by atoms with Gasteiger partial charge in [0.15, 0.2) is 0 Å². The number of hydrogen-bond acceptors (Lipinski definition) is 2. The number of nitriles is 1. The van der Waals surface area contributed by atoms with Crippen LogP contribution >= 0.6 is 0 Å². The molecule has 0 heterocycles. The molecule has 0 radical (unpaired) electrons. The molecule has 2 aromatic rings. The highest BCUT2D eigenvalue weighted by atomic mass is 19.1. The van der Waals surface area contributed by atoms with Gasteiger partial charge in [-0.05, 0) is 42.5 Å². The summed E-state index contributed by atoms with van der Waals surface area (Å²) in [6.07, 6.45) is 0. The van der Waals surface area contributed by atoms with E-state index >= 15 is 0 Å². The average Bonchev–Trinajstić information content (AvgIpc) is 2.39. The van der Waals surface area contributed by atoms with Gasteiger partial charge >= 0.3 is 0 Å². The molecule has 0 fully saturated rings. The highest BCUT2D eigenvalue weighted by molar-refractivity contribution is 5.46. The molecule has 0 atom stereocenters. The lowest BCUT2D eigenvalue weighted by atomic mass is 10.1. The predicted molar refractivity (Wildman–Crippen MR) is 65.2 cm³/mol. The first-order valence-electron chi connectivity index (χ1n) is 5.20. The Labute approximate surface area is 104 Å². The fraction of sp³-hybridized carbons (Fsp3) is 0. The van der Waals surface area contributed by atoms with Gasteiger partial charge in [-0.15, -0.1) is 0 Å². The third-order valence-electron chi connectivity index (χ3n) is 2.31. The number of hydrogen-bond donors (Lipinski definition) is 1. The van der Waals surface area contributed by atoms with Crippen molar-refractivity contribution in [3.63, 3.8) is 0 Å². The maximum absolute atomic E-state index is 13.5. The number of nitrogens with zero attached hydrogens (tertiary/aromatic N) is 1. The van der Waals surface area contributed by atoms with E-state index in [0.29, 0.717) is 5.56 Å². The van der Waals surface area contributed by atoms with Gasteiger partial charge in [0.2, 0.25) is 0 Å². The van der Waals surface area contributed by atoms with Crippen LogP contribution in [0.4, 0.5) is 4.39 Å². The van der Waals surface area contributed by atoms with E-state index in [1.807, 2.05) is 6.07 Å². The van der Waals surface area contributed by atoms with Crippen LogP contribution in [0.15, 0.2) is 42.5 Å². The second-order valence-electron chi connectivity index (χ2n) is 3.60. The SMILES string of the molecule is N#Cc1ccc(C#Cc2ccc(O)cc2)c(F)c1. The molecule has 2 aromatic carbocycles. The molecule has 0 bridgehead atoms. The molecule has 0 spiro atoms. The van der Waals surface area contributed by atoms with Gasteiger partial charge in [-0.2, -0.15) is 5.26 Å². The number of phenols is 1. The van der Waals surface area contributed by atoms with Crippen molar-refractivity contribution in [3.8, 4) is 23.7 Å². The minimum atomic E-state index is -0.514. The molecule has 1 N–H and O–H groups in total. The highest BCUT2D eigenvalue weighted by Gasteiger charge is 2.00. The van der Waals surface area contributed by atoms with Gasteiger partial charge in [0.05, 0.1) is 17.2 Å². The van der Waals surface area contributed by atoms with E-state index in [2.05, 4.69) is 11.8 Å². The Morgan fingerprint density at radius 3 is 2.22 bits per heavy atom. The fourth-order valence-corrected chi connectivity index (χ4v) is 1.37. The Morgan fingerprint density at radius 2 is 1.61 bits per heavy atom. The number of halogens is 1. The van der Waals surface area contributed by atoms with Gasteiger partial charge in [0.1, 0.15) is 11.6 Å². The van der Waals surface area contributed by atoms with E-state index < -0.39 is 5.82 Å². The zero-order chi connectivity index (χ0) is 13.0. The zero-order valence-corrected chi connectivity index (χ0v) is 9.31. The van der Waals surface area contributed by atoms with Crippen LogP contribution in [0, 0.1) is 29.0 Å². The van der Waals surface area contributed by atoms with Crippen molar-refractivity contribution in [1.29, 1.82) is 5.26 Å². The third kappa shape index (κ3) is 2.66. The Balaban J connectivity index is 2.30. The van der Waals surface area contributed by atoms with Gasteiger partial charge in [-0.25, -0.2) is 4.39 Å². The molecular formula is C15H8FNO. The van der Waals surface area contributed by atoms with E-state index in [0.717, 1.165) is 6.07 Å². The second-order valence-corrected chi connectivity index (χ2v) is 3.60. The van der Waals surface area contributed by atoms with Crippen molar-refractivity contribution in [1.82, 2.24) is 0 Å². The Kier molecular flexibility index (Phi) is 3.27. The first-order valence-corrected chi connectivity index (χ1v) is 5.20. The summed E-state index contributed by atoms with van der Waals surface area (Å²) in [6.45, 7) is 0. The molecule has 0 unspecified atom stereocenters. The summed E-state index contributed by atoms with van der Waals surface area (Å²) < 4.78 is 13.5. The summed E-state index contributed by atoms with van der Waals surface area (Å²) in [6, 6.07) is 12.3. The maximum atomic E-state index is 13.5. The van der Waals surface area contributed by atoms with Crippen molar-refractivity contribution in [2.24, 2.45) is 0 Å². The zero-order valence-electron chi connectivity index (χ0n) is 9.31. The lowest BCUT2D eigenvalue weighted by Gasteiger charge is -1.94. The molecule has 0 aliphatic rings. The minimum Gasteiger partial charge on any atom is -0.508 e. The Hall–Kier alpha value is -2.78. The summed E-state index contributed by atoms with van der Waals surface area (Å²) in [5, 5.41) is 17.7. The molecule has 0 aliphatic carbocycles. The smallest absolute Gasteiger partial charge is 0.140 e. The van der Waals surface area contributed by atoms with Crippen molar-refractivity contribution in [2.75, 3.05) is 0 Å². The number of phenolic OH excluding ortho intramolecular Hbond substituents is 1. The standard InChI is InChI=1S/C15H8FNO/c16-15-9-12(10-17)2-6-13(15)5-1-11-3-7-14(18)8-4-11/h2-4,6-9,18H. The molecule has 0 amide bonds. The molecular weight excluding hydrogens is 229 g/mol. The van der Waals surface area contributed by atoms with Crippen LogP contribution < -0.4 is 0 Å².